The molecule has 0 bridgehead atoms. The van der Waals surface area contributed by atoms with Gasteiger partial charge in [0.2, 0.25) is 0 Å². The van der Waals surface area contributed by atoms with Crippen molar-refractivity contribution in [3.8, 4) is 0 Å². The molecule has 1 saturated heterocycles. The van der Waals surface area contributed by atoms with E-state index < -0.39 is 36.1 Å². The van der Waals surface area contributed by atoms with Gasteiger partial charge in [0, 0.05) is 26.5 Å². The summed E-state index contributed by atoms with van der Waals surface area (Å²) in [5.74, 6) is -0.850. The van der Waals surface area contributed by atoms with Crippen LogP contribution in [0, 0.1) is 0 Å². The number of hydrogen-bond donors (Lipinski definition) is 1. The standard InChI is InChI=1S/C13H17N3O6/c1-7(17)20-6-10-9(21-8(2)18)5-12(22-10)16-4-3-11(14)15-13(16)19/h3-4,9-10,12H,5-6H2,1-2H3,(H2,14,15,19)/t9-,10-,12-/m1/s1. The van der Waals surface area contributed by atoms with E-state index in [9.17, 15) is 14.4 Å². The molecule has 1 aliphatic heterocycles. The fourth-order valence-electron chi connectivity index (χ4n) is 2.20. The lowest BCUT2D eigenvalue weighted by atomic mass is 10.2. The Morgan fingerprint density at radius 2 is 2.18 bits per heavy atom. The van der Waals surface area contributed by atoms with Gasteiger partial charge in [0.05, 0.1) is 0 Å². The van der Waals surface area contributed by atoms with E-state index in [0.717, 1.165) is 0 Å². The Morgan fingerprint density at radius 1 is 1.45 bits per heavy atom. The highest BCUT2D eigenvalue weighted by atomic mass is 16.6. The van der Waals surface area contributed by atoms with Crippen LogP contribution in [0.3, 0.4) is 0 Å². The maximum atomic E-state index is 11.8. The number of carbonyl (C=O) groups is 2. The van der Waals surface area contributed by atoms with E-state index in [1.807, 2.05) is 0 Å². The van der Waals surface area contributed by atoms with Crippen molar-refractivity contribution in [1.29, 1.82) is 0 Å². The van der Waals surface area contributed by atoms with Crippen LogP contribution in [0.2, 0.25) is 0 Å². The molecule has 1 aromatic rings. The molecule has 0 radical (unpaired) electrons. The summed E-state index contributed by atoms with van der Waals surface area (Å²) in [6, 6.07) is 1.46. The Kier molecular flexibility index (Phi) is 4.76. The van der Waals surface area contributed by atoms with Crippen molar-refractivity contribution in [2.75, 3.05) is 12.3 Å². The highest BCUT2D eigenvalue weighted by Gasteiger charge is 2.39. The smallest absolute Gasteiger partial charge is 0.351 e. The minimum atomic E-state index is -0.675. The number of nitrogen functional groups attached to an aromatic ring is 1. The summed E-state index contributed by atoms with van der Waals surface area (Å²) in [6.07, 6.45) is -0.246. The molecule has 0 unspecified atom stereocenters. The summed E-state index contributed by atoms with van der Waals surface area (Å²) in [4.78, 5) is 37.5. The molecule has 0 aromatic carbocycles. The lowest BCUT2D eigenvalue weighted by Crippen LogP contribution is -2.31. The third-order valence-corrected chi connectivity index (χ3v) is 3.11. The van der Waals surface area contributed by atoms with E-state index in [1.54, 1.807) is 0 Å². The lowest BCUT2D eigenvalue weighted by molar-refractivity contribution is -0.155. The molecule has 1 aliphatic rings. The number of esters is 2. The molecule has 2 N–H and O–H groups in total. The van der Waals surface area contributed by atoms with Gasteiger partial charge in [0.15, 0.2) is 0 Å². The second-order valence-electron chi connectivity index (χ2n) is 4.86. The van der Waals surface area contributed by atoms with Crippen LogP contribution in [0.4, 0.5) is 5.82 Å². The summed E-state index contributed by atoms with van der Waals surface area (Å²) in [7, 11) is 0. The largest absolute Gasteiger partial charge is 0.463 e. The zero-order chi connectivity index (χ0) is 16.3. The predicted octanol–water partition coefficient (Wildman–Crippen LogP) is -0.392. The van der Waals surface area contributed by atoms with Crippen LogP contribution < -0.4 is 11.4 Å². The zero-order valence-corrected chi connectivity index (χ0v) is 12.2. The topological polar surface area (TPSA) is 123 Å². The summed E-state index contributed by atoms with van der Waals surface area (Å²) >= 11 is 0. The van der Waals surface area contributed by atoms with E-state index in [2.05, 4.69) is 4.98 Å². The van der Waals surface area contributed by atoms with Gasteiger partial charge in [-0.25, -0.2) is 4.79 Å². The monoisotopic (exact) mass is 311 g/mol. The fraction of sp³-hybridized carbons (Fsp3) is 0.538. The number of ether oxygens (including phenoxy) is 3. The van der Waals surface area contributed by atoms with Crippen molar-refractivity contribution in [3.63, 3.8) is 0 Å². The van der Waals surface area contributed by atoms with E-state index in [-0.39, 0.29) is 18.8 Å². The number of aromatic nitrogens is 2. The first-order valence-corrected chi connectivity index (χ1v) is 6.67. The number of nitrogens with zero attached hydrogens (tertiary/aromatic N) is 2. The van der Waals surface area contributed by atoms with Gasteiger partial charge in [0.1, 0.15) is 30.9 Å². The van der Waals surface area contributed by atoms with Gasteiger partial charge < -0.3 is 19.9 Å². The molecule has 9 heteroatoms. The van der Waals surface area contributed by atoms with Crippen LogP contribution in [0.15, 0.2) is 17.1 Å². The minimum absolute atomic E-state index is 0.0685. The molecule has 3 atom stereocenters. The fourth-order valence-corrected chi connectivity index (χ4v) is 2.20. The zero-order valence-electron chi connectivity index (χ0n) is 12.2. The number of hydrogen-bond acceptors (Lipinski definition) is 8. The Hall–Kier alpha value is -2.42. The molecule has 0 amide bonds. The highest BCUT2D eigenvalue weighted by Crippen LogP contribution is 2.30. The number of nitrogens with two attached hydrogens (primary N) is 1. The lowest BCUT2D eigenvalue weighted by Gasteiger charge is -2.17. The number of carbonyl (C=O) groups excluding carboxylic acids is 2. The summed E-state index contributed by atoms with van der Waals surface area (Å²) in [5.41, 5.74) is 4.87. The van der Waals surface area contributed by atoms with Gasteiger partial charge in [-0.15, -0.1) is 0 Å². The number of rotatable bonds is 4. The van der Waals surface area contributed by atoms with Gasteiger partial charge in [-0.3, -0.25) is 14.2 Å². The average molecular weight is 311 g/mol. The first-order chi connectivity index (χ1) is 10.4. The maximum Gasteiger partial charge on any atom is 0.351 e. The van der Waals surface area contributed by atoms with E-state index >= 15 is 0 Å². The normalized spacial score (nSPS) is 24.0. The molecule has 1 aromatic heterocycles. The van der Waals surface area contributed by atoms with Crippen molar-refractivity contribution in [2.24, 2.45) is 0 Å². The SMILES string of the molecule is CC(=O)OC[C@H]1O[C@@H](n2ccc(N)nc2=O)C[C@H]1OC(C)=O. The Labute approximate surface area is 126 Å². The van der Waals surface area contributed by atoms with E-state index in [4.69, 9.17) is 19.9 Å². The molecule has 2 heterocycles. The summed E-state index contributed by atoms with van der Waals surface area (Å²) in [5, 5.41) is 0. The van der Waals surface area contributed by atoms with Gasteiger partial charge in [-0.2, -0.15) is 4.98 Å². The van der Waals surface area contributed by atoms with E-state index in [1.165, 1.54) is 30.7 Å². The molecule has 120 valence electrons. The third kappa shape index (κ3) is 3.82. The molecule has 22 heavy (non-hydrogen) atoms. The first-order valence-electron chi connectivity index (χ1n) is 6.67. The Bertz CT molecular complexity index is 628. The predicted molar refractivity (Wildman–Crippen MR) is 73.6 cm³/mol. The van der Waals surface area contributed by atoms with Crippen molar-refractivity contribution in [3.05, 3.63) is 22.7 Å². The quantitative estimate of drug-likeness (QED) is 0.746. The number of anilines is 1. The summed E-state index contributed by atoms with van der Waals surface area (Å²) < 4.78 is 17.0. The minimum Gasteiger partial charge on any atom is -0.463 e. The van der Waals surface area contributed by atoms with Gasteiger partial charge in [-0.05, 0) is 6.07 Å². The molecule has 0 spiro atoms. The molecule has 0 aliphatic carbocycles. The Balaban J connectivity index is 2.15. The highest BCUT2D eigenvalue weighted by molar-refractivity contribution is 5.66. The molecule has 2 rings (SSSR count). The van der Waals surface area contributed by atoms with Crippen LogP contribution >= 0.6 is 0 Å². The van der Waals surface area contributed by atoms with Crippen LogP contribution in [-0.2, 0) is 23.8 Å². The van der Waals surface area contributed by atoms with Crippen LogP contribution in [0.25, 0.3) is 0 Å². The molecular formula is C13H17N3O6. The van der Waals surface area contributed by atoms with Crippen LogP contribution in [0.1, 0.15) is 26.5 Å². The van der Waals surface area contributed by atoms with Crippen molar-refractivity contribution >= 4 is 17.8 Å². The van der Waals surface area contributed by atoms with Gasteiger partial charge in [-0.1, -0.05) is 0 Å². The Morgan fingerprint density at radius 3 is 2.77 bits per heavy atom. The molecule has 1 fully saturated rings. The van der Waals surface area contributed by atoms with Crippen LogP contribution in [-0.4, -0.2) is 40.3 Å². The van der Waals surface area contributed by atoms with Gasteiger partial charge in [0.25, 0.3) is 0 Å². The van der Waals surface area contributed by atoms with Crippen LogP contribution in [0.5, 0.6) is 0 Å². The van der Waals surface area contributed by atoms with Crippen molar-refractivity contribution in [2.45, 2.75) is 38.7 Å². The van der Waals surface area contributed by atoms with Crippen molar-refractivity contribution < 1.29 is 23.8 Å². The second kappa shape index (κ2) is 6.56. The van der Waals surface area contributed by atoms with E-state index in [0.29, 0.717) is 0 Å². The molecule has 0 saturated carbocycles. The molecular weight excluding hydrogens is 294 g/mol. The van der Waals surface area contributed by atoms with Gasteiger partial charge >= 0.3 is 17.6 Å². The maximum absolute atomic E-state index is 11.8. The third-order valence-electron chi connectivity index (χ3n) is 3.11. The first kappa shape index (κ1) is 16.0. The average Bonchev–Trinajstić information content (AvgIpc) is 2.78. The second-order valence-corrected chi connectivity index (χ2v) is 4.86. The van der Waals surface area contributed by atoms with Crippen molar-refractivity contribution in [1.82, 2.24) is 9.55 Å². The molecule has 9 nitrogen and oxygen atoms in total. The summed E-state index contributed by atoms with van der Waals surface area (Å²) in [6.45, 7) is 2.47.